The van der Waals surface area contributed by atoms with Gasteiger partial charge in [-0.05, 0) is 31.9 Å². The fourth-order valence-electron chi connectivity index (χ4n) is 3.49. The molecular formula is C19H24Cl2N6O2. The molecule has 0 unspecified atom stereocenters. The summed E-state index contributed by atoms with van der Waals surface area (Å²) in [5.41, 5.74) is 6.39. The number of aryl methyl sites for hydroxylation is 1. The Morgan fingerprint density at radius 1 is 1.17 bits per heavy atom. The van der Waals surface area contributed by atoms with E-state index in [0.29, 0.717) is 41.4 Å². The lowest BCUT2D eigenvalue weighted by atomic mass is 9.78. The van der Waals surface area contributed by atoms with E-state index >= 15 is 0 Å². The first-order valence-corrected chi connectivity index (χ1v) is 9.08. The summed E-state index contributed by atoms with van der Waals surface area (Å²) in [5, 5.41) is 6.67. The standard InChI is InChI=1S/C19H22N6O2.2ClH/c1-11-22-16(12-8-13(20)9-12)10-17(23-11)21-6-7-25-19(27)15-5-3-2-4-14(15)18(26)24-25;;/h2-5,10,12-13H,6-9,20H2,1H3,(H,24,26)(H,21,22,23);2*1H. The molecule has 0 atom stereocenters. The highest BCUT2D eigenvalue weighted by atomic mass is 35.5. The highest BCUT2D eigenvalue weighted by molar-refractivity contribution is 5.85. The Bertz CT molecular complexity index is 1110. The van der Waals surface area contributed by atoms with Gasteiger partial charge in [-0.25, -0.2) is 14.6 Å². The van der Waals surface area contributed by atoms with Crippen LogP contribution in [-0.2, 0) is 6.54 Å². The molecule has 2 heterocycles. The van der Waals surface area contributed by atoms with E-state index < -0.39 is 0 Å². The molecule has 156 valence electrons. The number of fused-ring (bicyclic) bond motifs is 1. The monoisotopic (exact) mass is 438 g/mol. The molecule has 0 aliphatic heterocycles. The van der Waals surface area contributed by atoms with E-state index in [-0.39, 0.29) is 42.0 Å². The second-order valence-electron chi connectivity index (χ2n) is 7.02. The average Bonchev–Trinajstić information content (AvgIpc) is 2.63. The minimum atomic E-state index is -0.272. The Morgan fingerprint density at radius 3 is 2.55 bits per heavy atom. The zero-order valence-corrected chi connectivity index (χ0v) is 17.6. The maximum Gasteiger partial charge on any atom is 0.273 e. The third-order valence-electron chi connectivity index (χ3n) is 4.98. The van der Waals surface area contributed by atoms with Crippen molar-refractivity contribution >= 4 is 41.4 Å². The van der Waals surface area contributed by atoms with Crippen LogP contribution in [0.1, 0.15) is 30.3 Å². The number of hydrogen-bond donors (Lipinski definition) is 3. The molecule has 1 fully saturated rings. The second-order valence-corrected chi connectivity index (χ2v) is 7.02. The van der Waals surface area contributed by atoms with Crippen LogP contribution in [0.3, 0.4) is 0 Å². The van der Waals surface area contributed by atoms with Gasteiger partial charge in [0, 0.05) is 30.3 Å². The summed E-state index contributed by atoms with van der Waals surface area (Å²) in [6.07, 6.45) is 1.90. The van der Waals surface area contributed by atoms with Gasteiger partial charge < -0.3 is 11.1 Å². The number of halogens is 2. The third-order valence-corrected chi connectivity index (χ3v) is 4.98. The van der Waals surface area contributed by atoms with Crippen molar-refractivity contribution in [1.29, 1.82) is 0 Å². The van der Waals surface area contributed by atoms with E-state index in [1.165, 1.54) is 4.68 Å². The number of H-pyrrole nitrogens is 1. The lowest BCUT2D eigenvalue weighted by molar-refractivity contribution is 0.344. The molecular weight excluding hydrogens is 415 g/mol. The molecule has 1 saturated carbocycles. The average molecular weight is 439 g/mol. The molecule has 0 bridgehead atoms. The zero-order valence-electron chi connectivity index (χ0n) is 15.9. The van der Waals surface area contributed by atoms with Crippen LogP contribution in [0.4, 0.5) is 5.82 Å². The van der Waals surface area contributed by atoms with Crippen molar-refractivity contribution in [2.45, 2.75) is 38.3 Å². The summed E-state index contributed by atoms with van der Waals surface area (Å²) in [7, 11) is 0. The SMILES string of the molecule is Cc1nc(NCCn2[nH]c(=O)c3ccccc3c2=O)cc(C2CC(N)C2)n1.Cl.Cl. The summed E-state index contributed by atoms with van der Waals surface area (Å²) < 4.78 is 1.33. The Balaban J connectivity index is 0.00000150. The largest absolute Gasteiger partial charge is 0.368 e. The van der Waals surface area contributed by atoms with E-state index in [9.17, 15) is 9.59 Å². The number of aromatic amines is 1. The number of nitrogens with two attached hydrogens (primary N) is 1. The predicted molar refractivity (Wildman–Crippen MR) is 119 cm³/mol. The molecule has 8 nitrogen and oxygen atoms in total. The maximum absolute atomic E-state index is 12.5. The van der Waals surface area contributed by atoms with Gasteiger partial charge in [-0.1, -0.05) is 12.1 Å². The number of anilines is 1. The molecule has 0 amide bonds. The van der Waals surface area contributed by atoms with Crippen LogP contribution in [0.5, 0.6) is 0 Å². The molecule has 4 N–H and O–H groups in total. The van der Waals surface area contributed by atoms with E-state index in [4.69, 9.17) is 5.73 Å². The second kappa shape index (κ2) is 9.39. The van der Waals surface area contributed by atoms with Crippen LogP contribution >= 0.6 is 24.8 Å². The molecule has 0 spiro atoms. The Hall–Kier alpha value is -2.42. The molecule has 2 aromatic heterocycles. The van der Waals surface area contributed by atoms with Crippen LogP contribution in [0.2, 0.25) is 0 Å². The first kappa shape index (κ1) is 22.9. The molecule has 3 aromatic rings. The van der Waals surface area contributed by atoms with Crippen molar-refractivity contribution in [1.82, 2.24) is 19.7 Å². The van der Waals surface area contributed by atoms with Gasteiger partial charge in [0.2, 0.25) is 0 Å². The summed E-state index contributed by atoms with van der Waals surface area (Å²) in [6.45, 7) is 2.64. The number of hydrogen-bond acceptors (Lipinski definition) is 6. The molecule has 10 heteroatoms. The van der Waals surface area contributed by atoms with Gasteiger partial charge in [0.05, 0.1) is 17.3 Å². The zero-order chi connectivity index (χ0) is 19.0. The molecule has 1 aliphatic rings. The molecule has 0 saturated heterocycles. The van der Waals surface area contributed by atoms with Gasteiger partial charge >= 0.3 is 0 Å². The van der Waals surface area contributed by atoms with Gasteiger partial charge in [0.1, 0.15) is 11.6 Å². The van der Waals surface area contributed by atoms with Gasteiger partial charge in [0.25, 0.3) is 11.1 Å². The maximum atomic E-state index is 12.5. The predicted octanol–water partition coefficient (Wildman–Crippen LogP) is 1.95. The molecule has 29 heavy (non-hydrogen) atoms. The van der Waals surface area contributed by atoms with Gasteiger partial charge in [-0.2, -0.15) is 0 Å². The Kier molecular flexibility index (Phi) is 7.40. The van der Waals surface area contributed by atoms with Crippen molar-refractivity contribution in [3.63, 3.8) is 0 Å². The Morgan fingerprint density at radius 2 is 1.86 bits per heavy atom. The highest BCUT2D eigenvalue weighted by Gasteiger charge is 2.28. The van der Waals surface area contributed by atoms with Crippen molar-refractivity contribution < 1.29 is 0 Å². The van der Waals surface area contributed by atoms with E-state index in [1.807, 2.05) is 13.0 Å². The number of nitrogens with one attached hydrogen (secondary N) is 2. The normalized spacial score (nSPS) is 17.7. The fraction of sp³-hybridized carbons (Fsp3) is 0.368. The van der Waals surface area contributed by atoms with Crippen molar-refractivity contribution in [2.75, 3.05) is 11.9 Å². The Labute approximate surface area is 179 Å². The number of rotatable bonds is 5. The van der Waals surface area contributed by atoms with E-state index in [1.54, 1.807) is 24.3 Å². The topological polar surface area (TPSA) is 119 Å². The quantitative estimate of drug-likeness (QED) is 0.559. The smallest absolute Gasteiger partial charge is 0.273 e. The number of nitrogens with zero attached hydrogens (tertiary/aromatic N) is 3. The van der Waals surface area contributed by atoms with E-state index in [0.717, 1.165) is 18.5 Å². The third kappa shape index (κ3) is 4.77. The summed E-state index contributed by atoms with van der Waals surface area (Å²) in [4.78, 5) is 33.6. The number of aromatic nitrogens is 4. The molecule has 0 radical (unpaired) electrons. The summed E-state index contributed by atoms with van der Waals surface area (Å²) in [6, 6.07) is 9.01. The number of benzene rings is 1. The first-order chi connectivity index (χ1) is 13.0. The summed E-state index contributed by atoms with van der Waals surface area (Å²) >= 11 is 0. The molecule has 4 rings (SSSR count). The highest BCUT2D eigenvalue weighted by Crippen LogP contribution is 2.35. The fourth-order valence-corrected chi connectivity index (χ4v) is 3.49. The lowest BCUT2D eigenvalue weighted by Crippen LogP contribution is -2.35. The van der Waals surface area contributed by atoms with Gasteiger partial charge in [-0.3, -0.25) is 14.7 Å². The van der Waals surface area contributed by atoms with Crippen LogP contribution < -0.4 is 22.2 Å². The van der Waals surface area contributed by atoms with Crippen LogP contribution in [0.25, 0.3) is 10.8 Å². The van der Waals surface area contributed by atoms with Crippen LogP contribution in [0.15, 0.2) is 39.9 Å². The van der Waals surface area contributed by atoms with E-state index in [2.05, 4.69) is 20.4 Å². The van der Waals surface area contributed by atoms with Gasteiger partial charge in [0.15, 0.2) is 0 Å². The summed E-state index contributed by atoms with van der Waals surface area (Å²) in [5.74, 6) is 1.81. The van der Waals surface area contributed by atoms with Crippen LogP contribution in [0, 0.1) is 6.92 Å². The molecule has 1 aliphatic carbocycles. The van der Waals surface area contributed by atoms with Crippen molar-refractivity contribution in [3.05, 3.63) is 62.6 Å². The minimum Gasteiger partial charge on any atom is -0.368 e. The van der Waals surface area contributed by atoms with Gasteiger partial charge in [-0.15, -0.1) is 24.8 Å². The first-order valence-electron chi connectivity index (χ1n) is 9.08. The molecule has 1 aromatic carbocycles. The minimum absolute atomic E-state index is 0. The van der Waals surface area contributed by atoms with Crippen LogP contribution in [-0.4, -0.2) is 32.3 Å². The lowest BCUT2D eigenvalue weighted by Gasteiger charge is -2.32. The van der Waals surface area contributed by atoms with Crippen molar-refractivity contribution in [2.24, 2.45) is 5.73 Å². The van der Waals surface area contributed by atoms with Crippen molar-refractivity contribution in [3.8, 4) is 0 Å².